The second-order valence-electron chi connectivity index (χ2n) is 5.73. The molecule has 122 valence electrons. The summed E-state index contributed by atoms with van der Waals surface area (Å²) in [4.78, 5) is 23.7. The summed E-state index contributed by atoms with van der Waals surface area (Å²) in [6, 6.07) is 4.51. The standard InChI is InChI=1S/C15H18ClF2NO3/c1-15(2,3)22-14(21)19(8-13(17)18)7-10-4-5-12(16)11(6-10)9-20/h4-6,9,13H,7-8H2,1-3H3. The van der Waals surface area contributed by atoms with Crippen molar-refractivity contribution < 1.29 is 23.1 Å². The molecule has 0 aliphatic heterocycles. The first kappa shape index (κ1) is 18.4. The Morgan fingerprint density at radius 3 is 2.55 bits per heavy atom. The van der Waals surface area contributed by atoms with Crippen molar-refractivity contribution in [2.45, 2.75) is 39.3 Å². The lowest BCUT2D eigenvalue weighted by Crippen LogP contribution is -2.39. The van der Waals surface area contributed by atoms with E-state index in [1.165, 1.54) is 12.1 Å². The average molecular weight is 334 g/mol. The van der Waals surface area contributed by atoms with Crippen molar-refractivity contribution in [3.05, 3.63) is 34.3 Å². The Bertz CT molecular complexity index is 544. The van der Waals surface area contributed by atoms with Crippen molar-refractivity contribution in [2.75, 3.05) is 6.54 Å². The van der Waals surface area contributed by atoms with Crippen LogP contribution < -0.4 is 0 Å². The van der Waals surface area contributed by atoms with E-state index in [-0.39, 0.29) is 17.1 Å². The van der Waals surface area contributed by atoms with E-state index in [4.69, 9.17) is 16.3 Å². The SMILES string of the molecule is CC(C)(C)OC(=O)N(Cc1ccc(Cl)c(C=O)c1)CC(F)F. The number of alkyl halides is 2. The van der Waals surface area contributed by atoms with Crippen LogP contribution in [0.25, 0.3) is 0 Å². The Labute approximate surface area is 133 Å². The Kier molecular flexibility index (Phi) is 6.29. The smallest absolute Gasteiger partial charge is 0.410 e. The van der Waals surface area contributed by atoms with Crippen LogP contribution >= 0.6 is 11.6 Å². The Morgan fingerprint density at radius 1 is 1.41 bits per heavy atom. The van der Waals surface area contributed by atoms with Gasteiger partial charge >= 0.3 is 6.09 Å². The van der Waals surface area contributed by atoms with Crippen LogP contribution in [0.5, 0.6) is 0 Å². The van der Waals surface area contributed by atoms with Gasteiger partial charge < -0.3 is 4.74 Å². The molecule has 0 unspecified atom stereocenters. The molecule has 1 aromatic carbocycles. The molecule has 0 saturated carbocycles. The third-order valence-electron chi connectivity index (χ3n) is 2.57. The lowest BCUT2D eigenvalue weighted by molar-refractivity contribution is 0.00818. The Balaban J connectivity index is 2.93. The molecule has 0 atom stereocenters. The van der Waals surface area contributed by atoms with Crippen molar-refractivity contribution in [3.63, 3.8) is 0 Å². The molecule has 0 aliphatic rings. The normalized spacial score (nSPS) is 11.4. The zero-order valence-corrected chi connectivity index (χ0v) is 13.4. The van der Waals surface area contributed by atoms with Crippen molar-refractivity contribution in [3.8, 4) is 0 Å². The van der Waals surface area contributed by atoms with Crippen molar-refractivity contribution >= 4 is 24.0 Å². The predicted molar refractivity (Wildman–Crippen MR) is 79.5 cm³/mol. The van der Waals surface area contributed by atoms with E-state index in [1.807, 2.05) is 0 Å². The molecular formula is C15H18ClF2NO3. The van der Waals surface area contributed by atoms with E-state index >= 15 is 0 Å². The van der Waals surface area contributed by atoms with Gasteiger partial charge in [0.1, 0.15) is 5.60 Å². The van der Waals surface area contributed by atoms with Crippen molar-refractivity contribution in [1.29, 1.82) is 0 Å². The minimum Gasteiger partial charge on any atom is -0.444 e. The highest BCUT2D eigenvalue weighted by molar-refractivity contribution is 6.32. The van der Waals surface area contributed by atoms with Crippen LogP contribution in [-0.4, -0.2) is 35.9 Å². The highest BCUT2D eigenvalue weighted by Crippen LogP contribution is 2.19. The number of nitrogens with zero attached hydrogens (tertiary/aromatic N) is 1. The van der Waals surface area contributed by atoms with Crippen molar-refractivity contribution in [1.82, 2.24) is 4.90 Å². The second kappa shape index (κ2) is 7.54. The van der Waals surface area contributed by atoms with E-state index in [0.717, 1.165) is 4.90 Å². The zero-order chi connectivity index (χ0) is 16.9. The summed E-state index contributed by atoms with van der Waals surface area (Å²) < 4.78 is 30.4. The summed E-state index contributed by atoms with van der Waals surface area (Å²) in [5.74, 6) is 0. The highest BCUT2D eigenvalue weighted by atomic mass is 35.5. The maximum atomic E-state index is 12.7. The number of hydrogen-bond acceptors (Lipinski definition) is 3. The molecule has 22 heavy (non-hydrogen) atoms. The molecule has 4 nitrogen and oxygen atoms in total. The molecule has 0 radical (unpaired) electrons. The lowest BCUT2D eigenvalue weighted by atomic mass is 10.1. The molecule has 0 saturated heterocycles. The molecule has 0 aromatic heterocycles. The van der Waals surface area contributed by atoms with Gasteiger partial charge in [-0.05, 0) is 38.5 Å². The van der Waals surface area contributed by atoms with Gasteiger partial charge in [-0.3, -0.25) is 9.69 Å². The molecule has 0 bridgehead atoms. The van der Waals surface area contributed by atoms with E-state index in [0.29, 0.717) is 11.8 Å². The summed E-state index contributed by atoms with van der Waals surface area (Å²) in [5, 5.41) is 0.261. The maximum absolute atomic E-state index is 12.7. The average Bonchev–Trinajstić information content (AvgIpc) is 2.37. The van der Waals surface area contributed by atoms with Gasteiger partial charge in [-0.1, -0.05) is 17.7 Å². The minimum absolute atomic E-state index is 0.0999. The van der Waals surface area contributed by atoms with Gasteiger partial charge in [0.05, 0.1) is 11.6 Å². The van der Waals surface area contributed by atoms with Crippen LogP contribution in [0.2, 0.25) is 5.02 Å². The Hall–Kier alpha value is -1.69. The number of halogens is 3. The fourth-order valence-electron chi connectivity index (χ4n) is 1.70. The van der Waals surface area contributed by atoms with Crippen LogP contribution in [0.3, 0.4) is 0 Å². The Morgan fingerprint density at radius 2 is 2.05 bits per heavy atom. The fraction of sp³-hybridized carbons (Fsp3) is 0.467. The summed E-state index contributed by atoms with van der Waals surface area (Å²) in [7, 11) is 0. The highest BCUT2D eigenvalue weighted by Gasteiger charge is 2.24. The molecule has 0 heterocycles. The van der Waals surface area contributed by atoms with E-state index in [2.05, 4.69) is 0 Å². The molecule has 0 spiro atoms. The fourth-order valence-corrected chi connectivity index (χ4v) is 1.86. The number of hydrogen-bond donors (Lipinski definition) is 0. The molecule has 1 aromatic rings. The monoisotopic (exact) mass is 333 g/mol. The first-order chi connectivity index (χ1) is 10.1. The van der Waals surface area contributed by atoms with Gasteiger partial charge in [0, 0.05) is 12.1 Å². The second-order valence-corrected chi connectivity index (χ2v) is 6.13. The molecule has 7 heteroatoms. The molecule has 0 N–H and O–H groups in total. The van der Waals surface area contributed by atoms with Crippen LogP contribution in [0.4, 0.5) is 13.6 Å². The van der Waals surface area contributed by atoms with Crippen LogP contribution in [0.15, 0.2) is 18.2 Å². The van der Waals surface area contributed by atoms with Crippen LogP contribution in [0.1, 0.15) is 36.7 Å². The predicted octanol–water partition coefficient (Wildman–Crippen LogP) is 4.15. The molecular weight excluding hydrogens is 316 g/mol. The molecule has 0 fully saturated rings. The van der Waals surface area contributed by atoms with Crippen molar-refractivity contribution in [2.24, 2.45) is 0 Å². The number of carbonyl (C=O) groups is 2. The molecule has 1 amide bonds. The van der Waals surface area contributed by atoms with E-state index in [1.54, 1.807) is 26.8 Å². The number of amides is 1. The number of rotatable bonds is 5. The largest absolute Gasteiger partial charge is 0.444 e. The first-order valence-electron chi connectivity index (χ1n) is 6.62. The number of aldehydes is 1. The van der Waals surface area contributed by atoms with Gasteiger partial charge in [0.2, 0.25) is 0 Å². The topological polar surface area (TPSA) is 46.6 Å². The summed E-state index contributed by atoms with van der Waals surface area (Å²) in [5.41, 5.74) is -0.0378. The van der Waals surface area contributed by atoms with E-state index in [9.17, 15) is 18.4 Å². The van der Waals surface area contributed by atoms with Gasteiger partial charge in [-0.2, -0.15) is 0 Å². The van der Waals surface area contributed by atoms with Crippen LogP contribution in [-0.2, 0) is 11.3 Å². The molecule has 0 aliphatic carbocycles. The third-order valence-corrected chi connectivity index (χ3v) is 2.92. The van der Waals surface area contributed by atoms with E-state index < -0.39 is 24.7 Å². The van der Waals surface area contributed by atoms with Gasteiger partial charge in [0.15, 0.2) is 6.29 Å². The summed E-state index contributed by atoms with van der Waals surface area (Å²) in [6.45, 7) is 4.10. The quantitative estimate of drug-likeness (QED) is 0.760. The minimum atomic E-state index is -2.69. The van der Waals surface area contributed by atoms with Gasteiger partial charge in [0.25, 0.3) is 6.43 Å². The number of benzene rings is 1. The number of ether oxygens (including phenoxy) is 1. The third kappa shape index (κ3) is 5.97. The van der Waals surface area contributed by atoms with Crippen LogP contribution in [0, 0.1) is 0 Å². The van der Waals surface area contributed by atoms with Gasteiger partial charge in [-0.25, -0.2) is 13.6 Å². The lowest BCUT2D eigenvalue weighted by Gasteiger charge is -2.27. The summed E-state index contributed by atoms with van der Waals surface area (Å²) in [6.07, 6.45) is -2.96. The molecule has 1 rings (SSSR count). The summed E-state index contributed by atoms with van der Waals surface area (Å²) >= 11 is 5.81. The first-order valence-corrected chi connectivity index (χ1v) is 7.00. The maximum Gasteiger partial charge on any atom is 0.410 e. The zero-order valence-electron chi connectivity index (χ0n) is 12.6. The number of carbonyl (C=O) groups excluding carboxylic acids is 2. The van der Waals surface area contributed by atoms with Gasteiger partial charge in [-0.15, -0.1) is 0 Å².